The van der Waals surface area contributed by atoms with Gasteiger partial charge in [0.05, 0.1) is 0 Å². The van der Waals surface area contributed by atoms with Crippen LogP contribution < -0.4 is 4.72 Å². The molecule has 162 valence electrons. The second-order valence-electron chi connectivity index (χ2n) is 8.18. The van der Waals surface area contributed by atoms with Crippen LogP contribution in [0, 0.1) is 5.92 Å². The minimum absolute atomic E-state index is 0.0165. The summed E-state index contributed by atoms with van der Waals surface area (Å²) >= 11 is 0. The number of piperidine rings is 1. The number of Topliss-reactive ketones (excluding diaryl/α,β-unsaturated/α-hetero) is 2. The number of fused-ring (bicyclic) bond motifs is 1. The number of allylic oxidation sites excluding steroid dienone is 2. The van der Waals surface area contributed by atoms with Gasteiger partial charge in [-0.1, -0.05) is 61.5 Å². The van der Waals surface area contributed by atoms with Gasteiger partial charge in [0.1, 0.15) is 5.70 Å². The average Bonchev–Trinajstić information content (AvgIpc) is 2.77. The molecule has 1 fully saturated rings. The van der Waals surface area contributed by atoms with Crippen LogP contribution in [-0.2, 0) is 16.4 Å². The normalized spacial score (nSPS) is 17.8. The summed E-state index contributed by atoms with van der Waals surface area (Å²) in [5, 5.41) is 0. The first-order chi connectivity index (χ1) is 14.9. The average molecular weight is 439 g/mol. The molecule has 2 aliphatic rings. The zero-order chi connectivity index (χ0) is 22.0. The highest BCUT2D eigenvalue weighted by Crippen LogP contribution is 2.33. The SMILES string of the molecule is CC1CCN(C2=C(S(=O)(=O)NCCc3ccccc3)C(=O)c3ccccc3C2=O)CC1. The van der Waals surface area contributed by atoms with E-state index in [-0.39, 0.29) is 23.4 Å². The van der Waals surface area contributed by atoms with Gasteiger partial charge < -0.3 is 4.90 Å². The Morgan fingerprint density at radius 3 is 2.13 bits per heavy atom. The maximum absolute atomic E-state index is 13.4. The van der Waals surface area contributed by atoms with Crippen LogP contribution >= 0.6 is 0 Å². The monoisotopic (exact) mass is 438 g/mol. The Labute approximate surface area is 183 Å². The van der Waals surface area contributed by atoms with Crippen molar-refractivity contribution in [3.05, 3.63) is 81.9 Å². The van der Waals surface area contributed by atoms with Crippen molar-refractivity contribution >= 4 is 21.6 Å². The number of nitrogens with one attached hydrogen (secondary N) is 1. The number of carbonyl (C=O) groups excluding carboxylic acids is 2. The summed E-state index contributed by atoms with van der Waals surface area (Å²) in [5.41, 5.74) is 1.41. The molecule has 0 saturated carbocycles. The molecule has 1 heterocycles. The fourth-order valence-electron chi connectivity index (χ4n) is 4.15. The first kappa shape index (κ1) is 21.5. The molecular formula is C24H26N2O4S. The van der Waals surface area contributed by atoms with Crippen molar-refractivity contribution < 1.29 is 18.0 Å². The summed E-state index contributed by atoms with van der Waals surface area (Å²) < 4.78 is 29.1. The highest BCUT2D eigenvalue weighted by atomic mass is 32.2. The second kappa shape index (κ2) is 8.77. The van der Waals surface area contributed by atoms with Crippen LogP contribution in [-0.4, -0.2) is 44.5 Å². The Morgan fingerprint density at radius 2 is 1.48 bits per heavy atom. The number of sulfonamides is 1. The Hall–Kier alpha value is -2.77. The molecule has 7 heteroatoms. The predicted octanol–water partition coefficient (Wildman–Crippen LogP) is 3.17. The quantitative estimate of drug-likeness (QED) is 0.749. The van der Waals surface area contributed by atoms with Crippen molar-refractivity contribution in [3.63, 3.8) is 0 Å². The van der Waals surface area contributed by atoms with E-state index in [0.717, 1.165) is 18.4 Å². The van der Waals surface area contributed by atoms with Gasteiger partial charge in [0.25, 0.3) is 0 Å². The first-order valence-corrected chi connectivity index (χ1v) is 12.1. The van der Waals surface area contributed by atoms with E-state index in [1.54, 1.807) is 23.1 Å². The first-order valence-electron chi connectivity index (χ1n) is 10.6. The molecule has 1 saturated heterocycles. The van der Waals surface area contributed by atoms with E-state index in [9.17, 15) is 18.0 Å². The van der Waals surface area contributed by atoms with Crippen LogP contribution in [0.1, 0.15) is 46.0 Å². The smallest absolute Gasteiger partial charge is 0.246 e. The summed E-state index contributed by atoms with van der Waals surface area (Å²) in [7, 11) is -4.17. The van der Waals surface area contributed by atoms with E-state index >= 15 is 0 Å². The molecule has 2 aromatic carbocycles. The molecule has 1 aliphatic carbocycles. The second-order valence-corrected chi connectivity index (χ2v) is 9.89. The molecule has 4 rings (SSSR count). The van der Waals surface area contributed by atoms with Crippen molar-refractivity contribution in [1.82, 2.24) is 9.62 Å². The number of likely N-dealkylation sites (tertiary alicyclic amines) is 1. The van der Waals surface area contributed by atoms with Crippen molar-refractivity contribution in [2.24, 2.45) is 5.92 Å². The standard InChI is InChI=1S/C24H26N2O4S/c1-17-12-15-26(16-13-17)21-22(27)19-9-5-6-10-20(19)23(28)24(21)31(29,30)25-14-11-18-7-3-2-4-8-18/h2-10,17,25H,11-16H2,1H3. The van der Waals surface area contributed by atoms with Crippen LogP contribution in [0.4, 0.5) is 0 Å². The van der Waals surface area contributed by atoms with Gasteiger partial charge in [0, 0.05) is 30.8 Å². The summed E-state index contributed by atoms with van der Waals surface area (Å²) in [6.45, 7) is 3.39. The minimum atomic E-state index is -4.17. The van der Waals surface area contributed by atoms with Gasteiger partial charge in [-0.2, -0.15) is 0 Å². The summed E-state index contributed by atoms with van der Waals surface area (Å²) in [4.78, 5) is 28.0. The Kier molecular flexibility index (Phi) is 6.07. The minimum Gasteiger partial charge on any atom is -0.367 e. The zero-order valence-electron chi connectivity index (χ0n) is 17.5. The van der Waals surface area contributed by atoms with E-state index in [0.29, 0.717) is 25.4 Å². The molecule has 0 amide bonds. The van der Waals surface area contributed by atoms with Crippen molar-refractivity contribution in [3.8, 4) is 0 Å². The Morgan fingerprint density at radius 1 is 0.903 bits per heavy atom. The summed E-state index contributed by atoms with van der Waals surface area (Å²) in [5.74, 6) is -0.508. The fourth-order valence-corrected chi connectivity index (χ4v) is 5.50. The van der Waals surface area contributed by atoms with Crippen LogP contribution in [0.2, 0.25) is 0 Å². The molecule has 0 bridgehead atoms. The van der Waals surface area contributed by atoms with Gasteiger partial charge >= 0.3 is 0 Å². The molecule has 6 nitrogen and oxygen atoms in total. The summed E-state index contributed by atoms with van der Waals surface area (Å²) in [6.07, 6.45) is 2.19. The van der Waals surface area contributed by atoms with Gasteiger partial charge in [-0.15, -0.1) is 0 Å². The van der Waals surface area contributed by atoms with Crippen LogP contribution in [0.3, 0.4) is 0 Å². The lowest BCUT2D eigenvalue weighted by Crippen LogP contribution is -2.42. The Balaban J connectivity index is 1.69. The maximum Gasteiger partial charge on any atom is 0.246 e. The lowest BCUT2D eigenvalue weighted by atomic mass is 9.90. The van der Waals surface area contributed by atoms with E-state index < -0.39 is 26.5 Å². The molecular weight excluding hydrogens is 412 g/mol. The highest BCUT2D eigenvalue weighted by molar-refractivity contribution is 7.94. The number of hydrogen-bond acceptors (Lipinski definition) is 5. The predicted molar refractivity (Wildman–Crippen MR) is 119 cm³/mol. The molecule has 31 heavy (non-hydrogen) atoms. The topological polar surface area (TPSA) is 83.6 Å². The molecule has 0 atom stereocenters. The Bertz CT molecular complexity index is 1130. The molecule has 1 N–H and O–H groups in total. The molecule has 0 unspecified atom stereocenters. The fraction of sp³-hybridized carbons (Fsp3) is 0.333. The lowest BCUT2D eigenvalue weighted by molar-refractivity contribution is 0.0932. The van der Waals surface area contributed by atoms with Gasteiger partial charge in [-0.3, -0.25) is 9.59 Å². The van der Waals surface area contributed by atoms with E-state index in [1.165, 1.54) is 6.07 Å². The number of benzene rings is 2. The number of rotatable bonds is 6. The lowest BCUT2D eigenvalue weighted by Gasteiger charge is -2.35. The molecule has 0 radical (unpaired) electrons. The van der Waals surface area contributed by atoms with Crippen LogP contribution in [0.25, 0.3) is 0 Å². The third kappa shape index (κ3) is 4.34. The van der Waals surface area contributed by atoms with Crippen molar-refractivity contribution in [2.45, 2.75) is 26.2 Å². The van der Waals surface area contributed by atoms with Crippen molar-refractivity contribution in [1.29, 1.82) is 0 Å². The maximum atomic E-state index is 13.4. The zero-order valence-corrected chi connectivity index (χ0v) is 18.3. The largest absolute Gasteiger partial charge is 0.367 e. The van der Waals surface area contributed by atoms with E-state index in [4.69, 9.17) is 0 Å². The number of nitrogens with zero attached hydrogens (tertiary/aromatic N) is 1. The highest BCUT2D eigenvalue weighted by Gasteiger charge is 2.41. The van der Waals surface area contributed by atoms with Crippen LogP contribution in [0.5, 0.6) is 0 Å². The van der Waals surface area contributed by atoms with Crippen LogP contribution in [0.15, 0.2) is 65.2 Å². The number of carbonyl (C=O) groups is 2. The van der Waals surface area contributed by atoms with Gasteiger partial charge in [-0.05, 0) is 30.7 Å². The van der Waals surface area contributed by atoms with Gasteiger partial charge in [0.2, 0.25) is 21.6 Å². The molecule has 0 spiro atoms. The number of hydrogen-bond donors (Lipinski definition) is 1. The summed E-state index contributed by atoms with van der Waals surface area (Å²) in [6, 6.07) is 16.0. The third-order valence-corrected chi connectivity index (χ3v) is 7.47. The number of ketones is 2. The van der Waals surface area contributed by atoms with Crippen molar-refractivity contribution in [2.75, 3.05) is 19.6 Å². The van der Waals surface area contributed by atoms with E-state index in [1.807, 2.05) is 30.3 Å². The van der Waals surface area contributed by atoms with Gasteiger partial charge in [-0.25, -0.2) is 13.1 Å². The molecule has 0 aromatic heterocycles. The van der Waals surface area contributed by atoms with E-state index in [2.05, 4.69) is 11.6 Å². The molecule has 1 aliphatic heterocycles. The van der Waals surface area contributed by atoms with Gasteiger partial charge in [0.15, 0.2) is 4.91 Å². The molecule has 2 aromatic rings. The third-order valence-electron chi connectivity index (χ3n) is 5.97.